The van der Waals surface area contributed by atoms with Crippen LogP contribution in [0.1, 0.15) is 65.2 Å². The Hall–Kier alpha value is -0.440. The minimum atomic E-state index is -2.08. The van der Waals surface area contributed by atoms with Gasteiger partial charge in [-0.3, -0.25) is 0 Å². The summed E-state index contributed by atoms with van der Waals surface area (Å²) < 4.78 is 16.4. The van der Waals surface area contributed by atoms with Crippen LogP contribution in [0.15, 0.2) is 0 Å². The van der Waals surface area contributed by atoms with Crippen molar-refractivity contribution in [2.75, 3.05) is 13.2 Å². The molecule has 0 aliphatic carbocycles. The number of hydrogen-bond acceptors (Lipinski definition) is 11. The maximum absolute atomic E-state index is 10.5. The highest BCUT2D eigenvalue weighted by molar-refractivity contribution is 4.91. The average Bonchev–Trinajstić information content (AvgIpc) is 2.79. The van der Waals surface area contributed by atoms with Crippen LogP contribution in [0.5, 0.6) is 0 Å². The molecule has 11 heteroatoms. The molecular formula is C22H44O11. The van der Waals surface area contributed by atoms with Gasteiger partial charge in [0.05, 0.1) is 18.8 Å². The van der Waals surface area contributed by atoms with Crippen LogP contribution in [0.2, 0.25) is 0 Å². The third-order valence-corrected chi connectivity index (χ3v) is 5.91. The van der Waals surface area contributed by atoms with Gasteiger partial charge in [0.25, 0.3) is 0 Å². The van der Waals surface area contributed by atoms with Gasteiger partial charge >= 0.3 is 0 Å². The SMILES string of the molecule is CCCCCCCCC(C)OC1OC(CO)C(OC(O)C(O)C(O)C(O)CCO)C(O)C1O. The van der Waals surface area contributed by atoms with Gasteiger partial charge < -0.3 is 55.1 Å². The standard InChI is InChI=1S/C22H44O11/c1-3-4-5-6-7-8-9-13(2)31-22-19(29)17(27)20(15(12-24)32-22)33-21(30)18(28)16(26)14(25)10-11-23/h13-30H,3-12H2,1-2H3. The Bertz CT molecular complexity index is 495. The second kappa shape index (κ2) is 16.3. The lowest BCUT2D eigenvalue weighted by molar-refractivity contribution is -0.339. The summed E-state index contributed by atoms with van der Waals surface area (Å²) >= 11 is 0. The van der Waals surface area contributed by atoms with Crippen LogP contribution in [0.3, 0.4) is 0 Å². The molecule has 1 rings (SSSR count). The molecule has 0 amide bonds. The lowest BCUT2D eigenvalue weighted by atomic mass is 9.98. The van der Waals surface area contributed by atoms with Crippen molar-refractivity contribution in [3.8, 4) is 0 Å². The van der Waals surface area contributed by atoms with E-state index in [0.29, 0.717) is 0 Å². The molecule has 0 aromatic rings. The van der Waals surface area contributed by atoms with Gasteiger partial charge in [-0.2, -0.15) is 0 Å². The van der Waals surface area contributed by atoms with Crippen LogP contribution in [0.25, 0.3) is 0 Å². The van der Waals surface area contributed by atoms with E-state index in [1.54, 1.807) is 0 Å². The van der Waals surface area contributed by atoms with Gasteiger partial charge in [0.2, 0.25) is 0 Å². The van der Waals surface area contributed by atoms with Gasteiger partial charge in [-0.1, -0.05) is 45.4 Å². The van der Waals surface area contributed by atoms with E-state index in [1.807, 2.05) is 6.92 Å². The Balaban J connectivity index is 2.60. The monoisotopic (exact) mass is 484 g/mol. The normalized spacial score (nSPS) is 30.5. The van der Waals surface area contributed by atoms with Gasteiger partial charge in [-0.05, 0) is 19.8 Å². The zero-order chi connectivity index (χ0) is 25.0. The Labute approximate surface area is 195 Å². The van der Waals surface area contributed by atoms with Crippen LogP contribution < -0.4 is 0 Å². The number of hydrogen-bond donors (Lipinski definition) is 8. The molecular weight excluding hydrogens is 440 g/mol. The minimum Gasteiger partial charge on any atom is -0.396 e. The Morgan fingerprint density at radius 3 is 2.06 bits per heavy atom. The summed E-state index contributed by atoms with van der Waals surface area (Å²) in [5.74, 6) is 0. The van der Waals surface area contributed by atoms with E-state index < -0.39 is 68.5 Å². The van der Waals surface area contributed by atoms with E-state index in [4.69, 9.17) is 19.3 Å². The Kier molecular flexibility index (Phi) is 15.1. The van der Waals surface area contributed by atoms with Crippen molar-refractivity contribution >= 4 is 0 Å². The maximum Gasteiger partial charge on any atom is 0.186 e. The summed E-state index contributed by atoms with van der Waals surface area (Å²) in [6, 6.07) is 0. The molecule has 1 saturated heterocycles. The molecule has 33 heavy (non-hydrogen) atoms. The number of ether oxygens (including phenoxy) is 3. The van der Waals surface area contributed by atoms with Gasteiger partial charge in [0.15, 0.2) is 12.6 Å². The number of unbranched alkanes of at least 4 members (excludes halogenated alkanes) is 5. The molecule has 11 nitrogen and oxygen atoms in total. The van der Waals surface area contributed by atoms with Crippen LogP contribution >= 0.6 is 0 Å². The second-order valence-corrected chi connectivity index (χ2v) is 8.76. The van der Waals surface area contributed by atoms with Crippen molar-refractivity contribution in [2.24, 2.45) is 0 Å². The fourth-order valence-electron chi connectivity index (χ4n) is 3.78. The van der Waals surface area contributed by atoms with Crippen LogP contribution in [-0.2, 0) is 14.2 Å². The van der Waals surface area contributed by atoms with E-state index in [0.717, 1.165) is 25.7 Å². The predicted molar refractivity (Wildman–Crippen MR) is 117 cm³/mol. The average molecular weight is 485 g/mol. The zero-order valence-corrected chi connectivity index (χ0v) is 19.6. The highest BCUT2D eigenvalue weighted by atomic mass is 16.7. The van der Waals surface area contributed by atoms with E-state index in [9.17, 15) is 35.7 Å². The van der Waals surface area contributed by atoms with Gasteiger partial charge in [-0.15, -0.1) is 0 Å². The zero-order valence-electron chi connectivity index (χ0n) is 19.6. The molecule has 0 saturated carbocycles. The third-order valence-electron chi connectivity index (χ3n) is 5.91. The third kappa shape index (κ3) is 9.98. The highest BCUT2D eigenvalue weighted by Gasteiger charge is 2.47. The summed E-state index contributed by atoms with van der Waals surface area (Å²) in [7, 11) is 0. The molecule has 10 atom stereocenters. The molecule has 0 spiro atoms. The van der Waals surface area contributed by atoms with Crippen molar-refractivity contribution in [3.63, 3.8) is 0 Å². The fraction of sp³-hybridized carbons (Fsp3) is 1.00. The first-order valence-electron chi connectivity index (χ1n) is 11.9. The summed E-state index contributed by atoms with van der Waals surface area (Å²) in [6.45, 7) is 2.89. The van der Waals surface area contributed by atoms with E-state index in [-0.39, 0.29) is 12.5 Å². The number of rotatable bonds is 17. The van der Waals surface area contributed by atoms with Crippen molar-refractivity contribution in [1.29, 1.82) is 0 Å². The number of aliphatic hydroxyl groups excluding tert-OH is 8. The lowest BCUT2D eigenvalue weighted by Crippen LogP contribution is -2.62. The molecule has 10 unspecified atom stereocenters. The molecule has 1 aliphatic rings. The van der Waals surface area contributed by atoms with Crippen molar-refractivity contribution in [2.45, 2.75) is 127 Å². The first-order valence-corrected chi connectivity index (χ1v) is 11.9. The smallest absolute Gasteiger partial charge is 0.186 e. The minimum absolute atomic E-state index is 0.242. The van der Waals surface area contributed by atoms with Crippen molar-refractivity contribution in [3.05, 3.63) is 0 Å². The van der Waals surface area contributed by atoms with E-state index in [2.05, 4.69) is 6.92 Å². The molecule has 1 fully saturated rings. The second-order valence-electron chi connectivity index (χ2n) is 8.76. The first kappa shape index (κ1) is 30.6. The van der Waals surface area contributed by atoms with Crippen LogP contribution in [0, 0.1) is 0 Å². The highest BCUT2D eigenvalue weighted by Crippen LogP contribution is 2.27. The van der Waals surface area contributed by atoms with Crippen LogP contribution in [-0.4, -0.2) is 115 Å². The summed E-state index contributed by atoms with van der Waals surface area (Å²) in [5.41, 5.74) is 0. The number of aliphatic hydroxyl groups is 8. The maximum atomic E-state index is 10.5. The lowest BCUT2D eigenvalue weighted by Gasteiger charge is -2.43. The molecule has 198 valence electrons. The van der Waals surface area contributed by atoms with E-state index >= 15 is 0 Å². The molecule has 1 aliphatic heterocycles. The summed E-state index contributed by atoms with van der Waals surface area (Å²) in [5, 5.41) is 79.0. The quantitative estimate of drug-likeness (QED) is 0.0909. The first-order chi connectivity index (χ1) is 15.7. The Morgan fingerprint density at radius 2 is 1.45 bits per heavy atom. The van der Waals surface area contributed by atoms with Gasteiger partial charge in [0.1, 0.15) is 36.6 Å². The van der Waals surface area contributed by atoms with Gasteiger partial charge in [0, 0.05) is 6.61 Å². The fourth-order valence-corrected chi connectivity index (χ4v) is 3.78. The molecule has 0 aromatic heterocycles. The van der Waals surface area contributed by atoms with Crippen LogP contribution in [0.4, 0.5) is 0 Å². The summed E-state index contributed by atoms with van der Waals surface area (Å²) in [6.07, 6.45) is -7.54. The van der Waals surface area contributed by atoms with E-state index in [1.165, 1.54) is 19.3 Å². The molecule has 0 aromatic carbocycles. The largest absolute Gasteiger partial charge is 0.396 e. The molecule has 0 radical (unpaired) electrons. The molecule has 0 bridgehead atoms. The molecule has 8 N–H and O–H groups in total. The summed E-state index contributed by atoms with van der Waals surface area (Å²) in [4.78, 5) is 0. The molecule has 1 heterocycles. The predicted octanol–water partition coefficient (Wildman–Crippen LogP) is -1.25. The topological polar surface area (TPSA) is 190 Å². The van der Waals surface area contributed by atoms with Crippen molar-refractivity contribution in [1.82, 2.24) is 0 Å². The van der Waals surface area contributed by atoms with Crippen molar-refractivity contribution < 1.29 is 55.1 Å². The van der Waals surface area contributed by atoms with Gasteiger partial charge in [-0.25, -0.2) is 0 Å². The Morgan fingerprint density at radius 1 is 0.818 bits per heavy atom.